The zero-order valence-corrected chi connectivity index (χ0v) is 12.2. The minimum absolute atomic E-state index is 0.00204. The number of nitrogens with two attached hydrogens (primary N) is 1. The monoisotopic (exact) mass is 281 g/mol. The lowest BCUT2D eigenvalue weighted by Gasteiger charge is -2.35. The summed E-state index contributed by atoms with van der Waals surface area (Å²) in [5, 5.41) is 0.431. The van der Waals surface area contributed by atoms with Crippen LogP contribution in [-0.4, -0.2) is 48.9 Å². The summed E-state index contributed by atoms with van der Waals surface area (Å²) in [7, 11) is 3.95. The van der Waals surface area contributed by atoms with Crippen molar-refractivity contribution < 1.29 is 4.79 Å². The molecule has 2 rings (SSSR count). The number of halogens is 1. The third-order valence-electron chi connectivity index (χ3n) is 3.72. The van der Waals surface area contributed by atoms with Crippen LogP contribution >= 0.6 is 11.6 Å². The van der Waals surface area contributed by atoms with E-state index >= 15 is 0 Å². The number of hydrogen-bond acceptors (Lipinski definition) is 3. The van der Waals surface area contributed by atoms with Gasteiger partial charge in [0.25, 0.3) is 5.91 Å². The average Bonchev–Trinajstić information content (AvgIpc) is 2.40. The van der Waals surface area contributed by atoms with Gasteiger partial charge in [0.2, 0.25) is 0 Å². The number of piperidine rings is 1. The van der Waals surface area contributed by atoms with E-state index in [-0.39, 0.29) is 11.9 Å². The molecule has 1 atom stereocenters. The van der Waals surface area contributed by atoms with E-state index in [0.717, 1.165) is 25.9 Å². The van der Waals surface area contributed by atoms with E-state index in [1.807, 2.05) is 11.9 Å². The Balaban J connectivity index is 2.11. The summed E-state index contributed by atoms with van der Waals surface area (Å²) < 4.78 is 0. The molecule has 1 aliphatic heterocycles. The molecule has 104 valence electrons. The van der Waals surface area contributed by atoms with Gasteiger partial charge in [0.1, 0.15) is 0 Å². The summed E-state index contributed by atoms with van der Waals surface area (Å²) >= 11 is 5.97. The Kier molecular flexibility index (Phi) is 4.32. The van der Waals surface area contributed by atoms with E-state index in [4.69, 9.17) is 17.3 Å². The van der Waals surface area contributed by atoms with Crippen LogP contribution in [-0.2, 0) is 0 Å². The Morgan fingerprint density at radius 1 is 1.53 bits per heavy atom. The fourth-order valence-corrected chi connectivity index (χ4v) is 2.67. The molecule has 0 radical (unpaired) electrons. The van der Waals surface area contributed by atoms with Crippen LogP contribution in [0.5, 0.6) is 0 Å². The van der Waals surface area contributed by atoms with Crippen LogP contribution in [0.4, 0.5) is 5.69 Å². The van der Waals surface area contributed by atoms with Gasteiger partial charge in [-0.1, -0.05) is 11.6 Å². The summed E-state index contributed by atoms with van der Waals surface area (Å²) in [6.07, 6.45) is 2.18. The molecule has 1 aromatic carbocycles. The first-order valence-corrected chi connectivity index (χ1v) is 6.87. The van der Waals surface area contributed by atoms with E-state index in [1.165, 1.54) is 0 Å². The Morgan fingerprint density at radius 2 is 2.26 bits per heavy atom. The molecule has 5 heteroatoms. The molecule has 4 nitrogen and oxygen atoms in total. The van der Waals surface area contributed by atoms with Gasteiger partial charge in [-0.05, 0) is 44.6 Å². The number of likely N-dealkylation sites (tertiary alicyclic amines) is 1. The minimum atomic E-state index is 0.00204. The number of benzene rings is 1. The van der Waals surface area contributed by atoms with Gasteiger partial charge >= 0.3 is 0 Å². The van der Waals surface area contributed by atoms with E-state index in [1.54, 1.807) is 18.2 Å². The standard InChI is InChI=1S/C14H20ClN3O/c1-17-7-3-4-11(9-17)18(2)14(19)10-5-6-13(16)12(15)8-10/h5-6,8,11H,3-4,7,9,16H2,1-2H3. The second-order valence-corrected chi connectivity index (χ2v) is 5.62. The highest BCUT2D eigenvalue weighted by molar-refractivity contribution is 6.33. The minimum Gasteiger partial charge on any atom is -0.398 e. The Labute approximate surface area is 119 Å². The number of anilines is 1. The lowest BCUT2D eigenvalue weighted by atomic mass is 10.0. The molecule has 1 amide bonds. The smallest absolute Gasteiger partial charge is 0.253 e. The van der Waals surface area contributed by atoms with Gasteiger partial charge in [-0.25, -0.2) is 0 Å². The molecular formula is C14H20ClN3O. The Hall–Kier alpha value is -1.26. The first-order valence-electron chi connectivity index (χ1n) is 6.50. The molecule has 0 saturated carbocycles. The molecule has 1 aliphatic rings. The molecule has 1 fully saturated rings. The number of nitrogens with zero attached hydrogens (tertiary/aromatic N) is 2. The molecule has 1 heterocycles. The van der Waals surface area contributed by atoms with Crippen LogP contribution in [0.3, 0.4) is 0 Å². The topological polar surface area (TPSA) is 49.6 Å². The summed E-state index contributed by atoms with van der Waals surface area (Å²) in [5.74, 6) is 0.00204. The van der Waals surface area contributed by atoms with Gasteiger partial charge in [0, 0.05) is 25.2 Å². The number of nitrogen functional groups attached to an aromatic ring is 1. The first kappa shape index (κ1) is 14.2. The number of likely N-dealkylation sites (N-methyl/N-ethyl adjacent to an activating group) is 2. The molecule has 1 saturated heterocycles. The molecule has 0 aliphatic carbocycles. The van der Waals surface area contributed by atoms with Crippen LogP contribution in [0.25, 0.3) is 0 Å². The molecule has 0 bridgehead atoms. The fraction of sp³-hybridized carbons (Fsp3) is 0.500. The summed E-state index contributed by atoms with van der Waals surface area (Å²) in [4.78, 5) is 16.5. The molecule has 19 heavy (non-hydrogen) atoms. The maximum absolute atomic E-state index is 12.4. The lowest BCUT2D eigenvalue weighted by Crippen LogP contribution is -2.47. The predicted octanol–water partition coefficient (Wildman–Crippen LogP) is 2.09. The van der Waals surface area contributed by atoms with Crippen molar-refractivity contribution in [3.8, 4) is 0 Å². The van der Waals surface area contributed by atoms with Gasteiger partial charge in [0.05, 0.1) is 10.7 Å². The van der Waals surface area contributed by atoms with Crippen molar-refractivity contribution in [2.75, 3.05) is 32.9 Å². The highest BCUT2D eigenvalue weighted by atomic mass is 35.5. The Bertz CT molecular complexity index is 478. The molecule has 1 aromatic rings. The van der Waals surface area contributed by atoms with Crippen molar-refractivity contribution in [3.63, 3.8) is 0 Å². The van der Waals surface area contributed by atoms with Crippen molar-refractivity contribution in [2.45, 2.75) is 18.9 Å². The first-order chi connectivity index (χ1) is 8.99. The van der Waals surface area contributed by atoms with Crippen molar-refractivity contribution >= 4 is 23.2 Å². The third-order valence-corrected chi connectivity index (χ3v) is 4.04. The fourth-order valence-electron chi connectivity index (χ4n) is 2.48. The summed E-state index contributed by atoms with van der Waals surface area (Å²) in [6, 6.07) is 5.31. The number of hydrogen-bond donors (Lipinski definition) is 1. The zero-order valence-electron chi connectivity index (χ0n) is 11.4. The molecule has 0 spiro atoms. The number of amides is 1. The van der Waals surface area contributed by atoms with Gasteiger partial charge in [-0.2, -0.15) is 0 Å². The van der Waals surface area contributed by atoms with Crippen LogP contribution in [0.2, 0.25) is 5.02 Å². The van der Waals surface area contributed by atoms with Crippen LogP contribution in [0, 0.1) is 0 Å². The highest BCUT2D eigenvalue weighted by Crippen LogP contribution is 2.22. The Morgan fingerprint density at radius 3 is 2.89 bits per heavy atom. The molecule has 0 aromatic heterocycles. The predicted molar refractivity (Wildman–Crippen MR) is 78.5 cm³/mol. The molecule has 2 N–H and O–H groups in total. The maximum atomic E-state index is 12.4. The second kappa shape index (κ2) is 5.80. The van der Waals surface area contributed by atoms with Crippen molar-refractivity contribution in [3.05, 3.63) is 28.8 Å². The van der Waals surface area contributed by atoms with Gasteiger partial charge in [0.15, 0.2) is 0 Å². The van der Waals surface area contributed by atoms with E-state index in [0.29, 0.717) is 16.3 Å². The second-order valence-electron chi connectivity index (χ2n) is 5.21. The SMILES string of the molecule is CN1CCCC(N(C)C(=O)c2ccc(N)c(Cl)c2)C1. The summed E-state index contributed by atoms with van der Waals surface area (Å²) in [6.45, 7) is 2.02. The van der Waals surface area contributed by atoms with Gasteiger partial charge < -0.3 is 15.5 Å². The quantitative estimate of drug-likeness (QED) is 0.845. The van der Waals surface area contributed by atoms with E-state index in [2.05, 4.69) is 11.9 Å². The van der Waals surface area contributed by atoms with Gasteiger partial charge in [-0.15, -0.1) is 0 Å². The number of carbonyl (C=O) groups excluding carboxylic acids is 1. The number of rotatable bonds is 2. The van der Waals surface area contributed by atoms with Crippen LogP contribution < -0.4 is 5.73 Å². The zero-order chi connectivity index (χ0) is 14.0. The van der Waals surface area contributed by atoms with Crippen LogP contribution in [0.15, 0.2) is 18.2 Å². The third kappa shape index (κ3) is 3.19. The lowest BCUT2D eigenvalue weighted by molar-refractivity contribution is 0.0644. The molecule has 1 unspecified atom stereocenters. The van der Waals surface area contributed by atoms with Gasteiger partial charge in [-0.3, -0.25) is 4.79 Å². The van der Waals surface area contributed by atoms with Crippen LogP contribution in [0.1, 0.15) is 23.2 Å². The normalized spacial score (nSPS) is 20.3. The average molecular weight is 282 g/mol. The summed E-state index contributed by atoms with van der Waals surface area (Å²) in [5.41, 5.74) is 6.75. The highest BCUT2D eigenvalue weighted by Gasteiger charge is 2.25. The van der Waals surface area contributed by atoms with Crippen molar-refractivity contribution in [1.82, 2.24) is 9.80 Å². The van der Waals surface area contributed by atoms with Crippen molar-refractivity contribution in [1.29, 1.82) is 0 Å². The maximum Gasteiger partial charge on any atom is 0.253 e. The largest absolute Gasteiger partial charge is 0.398 e. The number of carbonyl (C=O) groups is 1. The van der Waals surface area contributed by atoms with E-state index in [9.17, 15) is 4.79 Å². The van der Waals surface area contributed by atoms with Crippen molar-refractivity contribution in [2.24, 2.45) is 0 Å². The molecular weight excluding hydrogens is 262 g/mol. The van der Waals surface area contributed by atoms with E-state index < -0.39 is 0 Å².